The quantitative estimate of drug-likeness (QED) is 0.345. The number of amidine groups is 1. The van der Waals surface area contributed by atoms with E-state index in [1.54, 1.807) is 11.8 Å². The number of rotatable bonds is 3. The van der Waals surface area contributed by atoms with Gasteiger partial charge in [-0.05, 0) is 6.42 Å². The van der Waals surface area contributed by atoms with Gasteiger partial charge >= 0.3 is 0 Å². The zero-order valence-electron chi connectivity index (χ0n) is 12.1. The van der Waals surface area contributed by atoms with Crippen LogP contribution in [0.3, 0.4) is 0 Å². The molecule has 3 aliphatic heterocycles. The van der Waals surface area contributed by atoms with Gasteiger partial charge in [0.1, 0.15) is 37.0 Å². The molecule has 3 aliphatic rings. The Bertz CT molecular complexity index is 562. The van der Waals surface area contributed by atoms with Gasteiger partial charge in [0.05, 0.1) is 6.61 Å². The zero-order valence-corrected chi connectivity index (χ0v) is 12.1. The Balaban J connectivity index is 1.97. The average Bonchev–Trinajstić information content (AvgIpc) is 3.02. The Morgan fingerprint density at radius 3 is 2.77 bits per heavy atom. The van der Waals surface area contributed by atoms with Crippen LogP contribution in [-0.2, 0) is 4.74 Å². The Kier molecular flexibility index (Phi) is 3.55. The SMILES string of the molecule is CC[C@@]1(N2CN=C3C2=NC=NC3(N)N)O[C@H](CO)[C@@H](O)[C@H]1O. The van der Waals surface area contributed by atoms with Crippen LogP contribution < -0.4 is 11.5 Å². The van der Waals surface area contributed by atoms with Crippen molar-refractivity contribution >= 4 is 17.9 Å². The van der Waals surface area contributed by atoms with E-state index in [1.165, 1.54) is 6.34 Å². The second kappa shape index (κ2) is 5.05. The van der Waals surface area contributed by atoms with Gasteiger partial charge in [-0.3, -0.25) is 16.5 Å². The highest BCUT2D eigenvalue weighted by Crippen LogP contribution is 2.39. The molecule has 122 valence electrons. The summed E-state index contributed by atoms with van der Waals surface area (Å²) < 4.78 is 5.77. The maximum absolute atomic E-state index is 10.5. The van der Waals surface area contributed by atoms with Gasteiger partial charge in [-0.1, -0.05) is 6.92 Å². The van der Waals surface area contributed by atoms with E-state index in [-0.39, 0.29) is 6.67 Å². The van der Waals surface area contributed by atoms with Crippen molar-refractivity contribution in [3.05, 3.63) is 0 Å². The Labute approximate surface area is 126 Å². The molecule has 10 nitrogen and oxygen atoms in total. The molecule has 0 spiro atoms. The fourth-order valence-electron chi connectivity index (χ4n) is 3.11. The lowest BCUT2D eigenvalue weighted by atomic mass is 9.98. The average molecular weight is 312 g/mol. The van der Waals surface area contributed by atoms with E-state index in [2.05, 4.69) is 15.0 Å². The van der Waals surface area contributed by atoms with E-state index >= 15 is 0 Å². The number of aliphatic hydroxyl groups excluding tert-OH is 3. The van der Waals surface area contributed by atoms with Crippen LogP contribution in [-0.4, -0.2) is 81.2 Å². The van der Waals surface area contributed by atoms with Crippen molar-refractivity contribution in [1.82, 2.24) is 4.90 Å². The number of hydrogen-bond donors (Lipinski definition) is 5. The number of aliphatic hydroxyl groups is 3. The summed E-state index contributed by atoms with van der Waals surface area (Å²) >= 11 is 0. The highest BCUT2D eigenvalue weighted by molar-refractivity contribution is 6.47. The summed E-state index contributed by atoms with van der Waals surface area (Å²) in [6.07, 6.45) is -1.78. The van der Waals surface area contributed by atoms with Crippen LogP contribution in [0.1, 0.15) is 13.3 Å². The van der Waals surface area contributed by atoms with Crippen LogP contribution in [0.15, 0.2) is 15.0 Å². The molecule has 22 heavy (non-hydrogen) atoms. The first-order valence-electron chi connectivity index (χ1n) is 7.04. The van der Waals surface area contributed by atoms with Crippen molar-refractivity contribution in [1.29, 1.82) is 0 Å². The standard InChI is InChI=1S/C12H20N6O4/c1-2-11(9(21)7(20)6(3-19)22-11)18-5-16-8-10(18)15-4-17-12(8,13)14/h4,6-7,9,19-21H,2-3,5,13-14H2,1H3/t6-,7-,9-,11-/m1/s1. The van der Waals surface area contributed by atoms with Crippen molar-refractivity contribution in [2.75, 3.05) is 13.3 Å². The molecule has 0 aromatic carbocycles. The molecule has 0 aliphatic carbocycles. The molecular weight excluding hydrogens is 292 g/mol. The monoisotopic (exact) mass is 312 g/mol. The largest absolute Gasteiger partial charge is 0.394 e. The van der Waals surface area contributed by atoms with Gasteiger partial charge in [0.25, 0.3) is 0 Å². The van der Waals surface area contributed by atoms with Crippen LogP contribution in [0.2, 0.25) is 0 Å². The molecule has 0 radical (unpaired) electrons. The van der Waals surface area contributed by atoms with Gasteiger partial charge in [-0.2, -0.15) is 0 Å². The van der Waals surface area contributed by atoms with Gasteiger partial charge in [0.2, 0.25) is 5.79 Å². The minimum Gasteiger partial charge on any atom is -0.394 e. The third-order valence-electron chi connectivity index (χ3n) is 4.33. The van der Waals surface area contributed by atoms with Crippen LogP contribution in [0.4, 0.5) is 0 Å². The highest BCUT2D eigenvalue weighted by Gasteiger charge is 2.59. The normalized spacial score (nSPS) is 39.7. The van der Waals surface area contributed by atoms with E-state index in [4.69, 9.17) is 16.2 Å². The van der Waals surface area contributed by atoms with Gasteiger partial charge in [0, 0.05) is 0 Å². The Morgan fingerprint density at radius 1 is 1.45 bits per heavy atom. The van der Waals surface area contributed by atoms with E-state index in [1.807, 2.05) is 0 Å². The smallest absolute Gasteiger partial charge is 0.208 e. The van der Waals surface area contributed by atoms with E-state index in [9.17, 15) is 15.3 Å². The number of fused-ring (bicyclic) bond motifs is 1. The lowest BCUT2D eigenvalue weighted by Gasteiger charge is -2.41. The minimum atomic E-state index is -1.49. The molecule has 4 atom stereocenters. The molecule has 0 saturated carbocycles. The molecular formula is C12H20N6O4. The number of hydrogen-bond acceptors (Lipinski definition) is 10. The summed E-state index contributed by atoms with van der Waals surface area (Å²) in [4.78, 5) is 13.9. The van der Waals surface area contributed by atoms with Crippen molar-refractivity contribution in [2.24, 2.45) is 26.4 Å². The molecule has 0 aromatic heterocycles. The summed E-state index contributed by atoms with van der Waals surface area (Å²) in [6, 6.07) is 0. The van der Waals surface area contributed by atoms with Gasteiger partial charge in [-0.15, -0.1) is 0 Å². The molecule has 7 N–H and O–H groups in total. The molecule has 3 heterocycles. The third kappa shape index (κ3) is 1.93. The van der Waals surface area contributed by atoms with E-state index in [0.29, 0.717) is 18.0 Å². The van der Waals surface area contributed by atoms with Crippen LogP contribution in [0.5, 0.6) is 0 Å². The summed E-state index contributed by atoms with van der Waals surface area (Å²) in [5, 5.41) is 29.8. The van der Waals surface area contributed by atoms with Crippen molar-refractivity contribution in [3.63, 3.8) is 0 Å². The molecule has 0 aromatic rings. The summed E-state index contributed by atoms with van der Waals surface area (Å²) in [6.45, 7) is 1.50. The van der Waals surface area contributed by atoms with E-state index < -0.39 is 36.4 Å². The number of ether oxygens (including phenoxy) is 1. The highest BCUT2D eigenvalue weighted by atomic mass is 16.6. The van der Waals surface area contributed by atoms with Gasteiger partial charge in [-0.25, -0.2) is 9.98 Å². The molecule has 0 unspecified atom stereocenters. The molecule has 0 bridgehead atoms. The second-order valence-electron chi connectivity index (χ2n) is 5.57. The van der Waals surface area contributed by atoms with Crippen LogP contribution >= 0.6 is 0 Å². The van der Waals surface area contributed by atoms with Gasteiger partial charge in [0.15, 0.2) is 11.6 Å². The minimum absolute atomic E-state index is 0.115. The Morgan fingerprint density at radius 2 is 2.18 bits per heavy atom. The lowest BCUT2D eigenvalue weighted by molar-refractivity contribution is -0.162. The van der Waals surface area contributed by atoms with Crippen molar-refractivity contribution < 1.29 is 20.1 Å². The van der Waals surface area contributed by atoms with Crippen molar-refractivity contribution in [3.8, 4) is 0 Å². The summed E-state index contributed by atoms with van der Waals surface area (Å²) in [7, 11) is 0. The molecule has 10 heteroatoms. The zero-order chi connectivity index (χ0) is 16.1. The molecule has 3 rings (SSSR count). The van der Waals surface area contributed by atoms with Crippen LogP contribution in [0, 0.1) is 0 Å². The predicted molar refractivity (Wildman–Crippen MR) is 78.2 cm³/mol. The lowest BCUT2D eigenvalue weighted by Crippen LogP contribution is -2.64. The van der Waals surface area contributed by atoms with Crippen LogP contribution in [0.25, 0.3) is 0 Å². The first-order chi connectivity index (χ1) is 10.4. The maximum Gasteiger partial charge on any atom is 0.208 e. The number of aliphatic imine (C=N–C) groups is 3. The molecule has 0 amide bonds. The van der Waals surface area contributed by atoms with Gasteiger partial charge < -0.3 is 25.0 Å². The second-order valence-corrected chi connectivity index (χ2v) is 5.57. The number of nitrogens with zero attached hydrogens (tertiary/aromatic N) is 4. The first kappa shape index (κ1) is 15.5. The maximum atomic E-state index is 10.5. The number of nitrogens with two attached hydrogens (primary N) is 2. The molecule has 1 saturated heterocycles. The summed E-state index contributed by atoms with van der Waals surface area (Å²) in [5.74, 6) is -1.13. The fraction of sp³-hybridized carbons (Fsp3) is 0.750. The third-order valence-corrected chi connectivity index (χ3v) is 4.33. The first-order valence-corrected chi connectivity index (χ1v) is 7.04. The fourth-order valence-corrected chi connectivity index (χ4v) is 3.11. The Hall–Kier alpha value is -1.43. The topological polar surface area (TPSA) is 162 Å². The summed E-state index contributed by atoms with van der Waals surface area (Å²) in [5.41, 5.74) is 10.8. The predicted octanol–water partition coefficient (Wildman–Crippen LogP) is -3.07. The van der Waals surface area contributed by atoms with Crippen molar-refractivity contribution in [2.45, 2.75) is 43.2 Å². The molecule has 1 fully saturated rings. The van der Waals surface area contributed by atoms with E-state index in [0.717, 1.165) is 0 Å².